The van der Waals surface area contributed by atoms with Crippen LogP contribution in [0.2, 0.25) is 0 Å². The van der Waals surface area contributed by atoms with Crippen LogP contribution in [0.3, 0.4) is 0 Å². The smallest absolute Gasteiger partial charge is 0.504 e. The fourth-order valence-electron chi connectivity index (χ4n) is 1.94. The van der Waals surface area contributed by atoms with Gasteiger partial charge in [0.15, 0.2) is 17.5 Å². The molecule has 10 heteroatoms. The zero-order valence-electron chi connectivity index (χ0n) is 13.6. The molecule has 0 amide bonds. The third-order valence-corrected chi connectivity index (χ3v) is 3.04. The van der Waals surface area contributed by atoms with Gasteiger partial charge >= 0.3 is 6.36 Å². The van der Waals surface area contributed by atoms with Gasteiger partial charge in [-0.2, -0.15) is 0 Å². The Morgan fingerprint density at radius 2 is 1.85 bits per heavy atom. The molecule has 0 aromatic heterocycles. The molecule has 4 N–H and O–H groups in total. The van der Waals surface area contributed by atoms with E-state index in [9.17, 15) is 18.3 Å². The van der Waals surface area contributed by atoms with E-state index in [1.54, 1.807) is 12.1 Å². The minimum Gasteiger partial charge on any atom is -0.504 e. The summed E-state index contributed by atoms with van der Waals surface area (Å²) in [4.78, 5) is 4.09. The van der Waals surface area contributed by atoms with Crippen molar-refractivity contribution < 1.29 is 27.8 Å². The number of hydrogen-bond donors (Lipinski definition) is 3. The minimum atomic E-state index is -4.74. The SMILES string of the molecule is COc1ccc(CN=C(N)Nc2ccc(OC(F)(F)F)cc2)cc1O.I. The van der Waals surface area contributed by atoms with Crippen molar-refractivity contribution in [3.63, 3.8) is 0 Å². The van der Waals surface area contributed by atoms with Crippen LogP contribution in [-0.4, -0.2) is 24.5 Å². The summed E-state index contributed by atoms with van der Waals surface area (Å²) in [7, 11) is 1.44. The fraction of sp³-hybridized carbons (Fsp3) is 0.188. The first-order valence-electron chi connectivity index (χ1n) is 7.05. The highest BCUT2D eigenvalue weighted by Gasteiger charge is 2.30. The Bertz CT molecular complexity index is 753. The first-order chi connectivity index (χ1) is 11.8. The fourth-order valence-corrected chi connectivity index (χ4v) is 1.94. The lowest BCUT2D eigenvalue weighted by molar-refractivity contribution is -0.274. The Labute approximate surface area is 164 Å². The predicted octanol–water partition coefficient (Wildman–Crippen LogP) is 3.84. The van der Waals surface area contributed by atoms with Gasteiger partial charge < -0.3 is 25.6 Å². The number of halogens is 4. The van der Waals surface area contributed by atoms with Crippen molar-refractivity contribution >= 4 is 35.6 Å². The molecule has 0 radical (unpaired) electrons. The molecule has 2 rings (SSSR count). The van der Waals surface area contributed by atoms with Gasteiger partial charge in [-0.15, -0.1) is 37.1 Å². The van der Waals surface area contributed by atoms with Crippen LogP contribution in [0.15, 0.2) is 47.5 Å². The third kappa shape index (κ3) is 6.86. The van der Waals surface area contributed by atoms with Crippen LogP contribution in [0.4, 0.5) is 18.9 Å². The molecule has 26 heavy (non-hydrogen) atoms. The number of nitrogens with zero attached hydrogens (tertiary/aromatic N) is 1. The molecule has 0 heterocycles. The van der Waals surface area contributed by atoms with Crippen molar-refractivity contribution in [3.8, 4) is 17.2 Å². The highest BCUT2D eigenvalue weighted by Crippen LogP contribution is 2.26. The van der Waals surface area contributed by atoms with Crippen molar-refractivity contribution in [2.24, 2.45) is 10.7 Å². The Morgan fingerprint density at radius 1 is 1.19 bits per heavy atom. The molecular formula is C16H17F3IN3O3. The number of nitrogens with one attached hydrogen (secondary N) is 1. The number of ether oxygens (including phenoxy) is 2. The van der Waals surface area contributed by atoms with E-state index in [4.69, 9.17) is 10.5 Å². The first kappa shape index (κ1) is 21.7. The van der Waals surface area contributed by atoms with Gasteiger partial charge in [-0.1, -0.05) is 6.07 Å². The van der Waals surface area contributed by atoms with E-state index >= 15 is 0 Å². The summed E-state index contributed by atoms with van der Waals surface area (Å²) in [5.41, 5.74) is 6.89. The molecule has 0 unspecified atom stereocenters. The van der Waals surface area contributed by atoms with E-state index in [1.807, 2.05) is 0 Å². The van der Waals surface area contributed by atoms with Gasteiger partial charge in [0.1, 0.15) is 5.75 Å². The van der Waals surface area contributed by atoms with Crippen LogP contribution in [0, 0.1) is 0 Å². The number of rotatable bonds is 5. The van der Waals surface area contributed by atoms with Gasteiger partial charge in [-0.05, 0) is 42.0 Å². The van der Waals surface area contributed by atoms with Crippen LogP contribution in [0.5, 0.6) is 17.2 Å². The number of aromatic hydroxyl groups is 1. The maximum Gasteiger partial charge on any atom is 0.573 e. The normalized spacial score (nSPS) is 11.5. The third-order valence-electron chi connectivity index (χ3n) is 3.04. The molecule has 0 atom stereocenters. The number of guanidine groups is 1. The van der Waals surface area contributed by atoms with Gasteiger partial charge in [-0.3, -0.25) is 0 Å². The Hall–Kier alpha value is -2.37. The number of methoxy groups -OCH3 is 1. The minimum absolute atomic E-state index is 0. The number of phenols is 1. The molecular weight excluding hydrogens is 466 g/mol. The monoisotopic (exact) mass is 483 g/mol. The molecule has 0 aliphatic rings. The summed E-state index contributed by atoms with van der Waals surface area (Å²) in [6.45, 7) is 0.200. The molecule has 2 aromatic carbocycles. The van der Waals surface area contributed by atoms with E-state index < -0.39 is 6.36 Å². The topological polar surface area (TPSA) is 89.1 Å². The molecule has 0 bridgehead atoms. The van der Waals surface area contributed by atoms with E-state index in [1.165, 1.54) is 25.3 Å². The molecule has 0 saturated heterocycles. The zero-order chi connectivity index (χ0) is 18.4. The molecule has 0 fully saturated rings. The van der Waals surface area contributed by atoms with Crippen molar-refractivity contribution in [2.45, 2.75) is 12.9 Å². The zero-order valence-corrected chi connectivity index (χ0v) is 15.9. The van der Waals surface area contributed by atoms with Crippen molar-refractivity contribution in [1.29, 1.82) is 0 Å². The molecule has 2 aromatic rings. The first-order valence-corrected chi connectivity index (χ1v) is 7.05. The second kappa shape index (κ2) is 9.36. The van der Waals surface area contributed by atoms with Crippen LogP contribution in [0.25, 0.3) is 0 Å². The van der Waals surface area contributed by atoms with Gasteiger partial charge in [0.2, 0.25) is 0 Å². The van der Waals surface area contributed by atoms with E-state index in [0.29, 0.717) is 17.0 Å². The molecule has 6 nitrogen and oxygen atoms in total. The van der Waals surface area contributed by atoms with Gasteiger partial charge in [0.05, 0.1) is 13.7 Å². The van der Waals surface area contributed by atoms with E-state index in [0.717, 1.165) is 12.1 Å². The average Bonchev–Trinajstić information content (AvgIpc) is 2.53. The summed E-state index contributed by atoms with van der Waals surface area (Å²) in [5, 5.41) is 12.4. The number of anilines is 1. The van der Waals surface area contributed by atoms with E-state index in [-0.39, 0.29) is 48.0 Å². The predicted molar refractivity (Wildman–Crippen MR) is 102 cm³/mol. The van der Waals surface area contributed by atoms with Crippen molar-refractivity contribution in [1.82, 2.24) is 0 Å². The van der Waals surface area contributed by atoms with E-state index in [2.05, 4.69) is 15.0 Å². The highest BCUT2D eigenvalue weighted by molar-refractivity contribution is 14.0. The lowest BCUT2D eigenvalue weighted by Crippen LogP contribution is -2.22. The highest BCUT2D eigenvalue weighted by atomic mass is 127. The summed E-state index contributed by atoms with van der Waals surface area (Å²) in [6, 6.07) is 9.89. The molecule has 0 aliphatic carbocycles. The van der Waals surface area contributed by atoms with Crippen LogP contribution < -0.4 is 20.5 Å². The largest absolute Gasteiger partial charge is 0.573 e. The standard InChI is InChI=1S/C16H16F3N3O3.HI/c1-24-14-7-2-10(8-13(14)23)9-21-15(20)22-11-3-5-12(6-4-11)25-16(17,18)19;/h2-8,23H,9H2,1H3,(H3,20,21,22);1H. The summed E-state index contributed by atoms with van der Waals surface area (Å²) in [5.74, 6) is 0.0732. The molecule has 142 valence electrons. The summed E-state index contributed by atoms with van der Waals surface area (Å²) >= 11 is 0. The Kier molecular flexibility index (Phi) is 7.80. The number of alkyl halides is 3. The van der Waals surface area contributed by atoms with Crippen LogP contribution >= 0.6 is 24.0 Å². The second-order valence-electron chi connectivity index (χ2n) is 4.90. The molecule has 0 aliphatic heterocycles. The van der Waals surface area contributed by atoms with Gasteiger partial charge in [0, 0.05) is 5.69 Å². The quantitative estimate of drug-likeness (QED) is 0.342. The Morgan fingerprint density at radius 3 is 2.38 bits per heavy atom. The average molecular weight is 483 g/mol. The second-order valence-corrected chi connectivity index (χ2v) is 4.90. The van der Waals surface area contributed by atoms with Gasteiger partial charge in [-0.25, -0.2) is 4.99 Å². The number of nitrogens with two attached hydrogens (primary N) is 1. The molecule has 0 spiro atoms. The maximum absolute atomic E-state index is 12.1. The van der Waals surface area contributed by atoms with Gasteiger partial charge in [0.25, 0.3) is 0 Å². The van der Waals surface area contributed by atoms with Crippen molar-refractivity contribution in [2.75, 3.05) is 12.4 Å². The van der Waals surface area contributed by atoms with Crippen LogP contribution in [0.1, 0.15) is 5.56 Å². The Balaban J connectivity index is 0.00000338. The number of phenolic OH excluding ortho intramolecular Hbond substituents is 1. The summed E-state index contributed by atoms with van der Waals surface area (Å²) in [6.07, 6.45) is -4.74. The lowest BCUT2D eigenvalue weighted by Gasteiger charge is -2.10. The number of aliphatic imine (C=N–C) groups is 1. The molecule has 0 saturated carbocycles. The van der Waals surface area contributed by atoms with Crippen molar-refractivity contribution in [3.05, 3.63) is 48.0 Å². The maximum atomic E-state index is 12.1. The summed E-state index contributed by atoms with van der Waals surface area (Å²) < 4.78 is 45.0. The number of benzene rings is 2. The number of hydrogen-bond acceptors (Lipinski definition) is 4. The van der Waals surface area contributed by atoms with Crippen LogP contribution in [-0.2, 0) is 6.54 Å². The lowest BCUT2D eigenvalue weighted by atomic mass is 10.2.